The molecule has 0 aliphatic heterocycles. The van der Waals surface area contributed by atoms with Gasteiger partial charge in [-0.05, 0) is 19.8 Å². The maximum Gasteiger partial charge on any atom is 0.235 e. The van der Waals surface area contributed by atoms with Gasteiger partial charge in [0, 0.05) is 12.1 Å². The van der Waals surface area contributed by atoms with Gasteiger partial charge in [0.15, 0.2) is 5.82 Å². The number of carbonyl (C=O) groups excluding carboxylic acids is 2. The summed E-state index contributed by atoms with van der Waals surface area (Å²) < 4.78 is 4.82. The highest BCUT2D eigenvalue weighted by molar-refractivity contribution is 8.00. The number of aromatic nitrogens is 1. The molecule has 0 radical (unpaired) electrons. The van der Waals surface area contributed by atoms with Gasteiger partial charge in [0.05, 0.1) is 11.5 Å². The third-order valence-electron chi connectivity index (χ3n) is 2.30. The maximum absolute atomic E-state index is 11.5. The van der Waals surface area contributed by atoms with Crippen LogP contribution in [0.2, 0.25) is 0 Å². The fourth-order valence-electron chi connectivity index (χ4n) is 1.34. The molecular weight excluding hydrogens is 254 g/mol. The number of thioether (sulfide) groups is 1. The highest BCUT2D eigenvalue weighted by Gasteiger charge is 2.22. The van der Waals surface area contributed by atoms with Crippen LogP contribution in [0.4, 0.5) is 5.82 Å². The summed E-state index contributed by atoms with van der Waals surface area (Å²) in [4.78, 5) is 22.8. The summed E-state index contributed by atoms with van der Waals surface area (Å²) in [5.41, 5.74) is 0. The van der Waals surface area contributed by atoms with E-state index in [0.29, 0.717) is 23.4 Å². The molecular formula is C11H15N3O3S. The largest absolute Gasteiger partial charge is 0.360 e. The Morgan fingerprint density at radius 3 is 2.78 bits per heavy atom. The molecule has 0 saturated heterocycles. The molecule has 2 N–H and O–H groups in total. The van der Waals surface area contributed by atoms with Gasteiger partial charge in [-0.1, -0.05) is 5.16 Å². The van der Waals surface area contributed by atoms with Crippen LogP contribution in [0.3, 0.4) is 0 Å². The van der Waals surface area contributed by atoms with Crippen LogP contribution in [0.1, 0.15) is 18.6 Å². The molecule has 1 heterocycles. The van der Waals surface area contributed by atoms with Crippen molar-refractivity contribution < 1.29 is 14.1 Å². The number of hydrogen-bond acceptors (Lipinski definition) is 5. The molecule has 1 aliphatic carbocycles. The summed E-state index contributed by atoms with van der Waals surface area (Å²) in [6, 6.07) is 2.01. The maximum atomic E-state index is 11.5. The summed E-state index contributed by atoms with van der Waals surface area (Å²) >= 11 is 1.28. The molecule has 2 rings (SSSR count). The van der Waals surface area contributed by atoms with E-state index in [0.717, 1.165) is 12.8 Å². The van der Waals surface area contributed by atoms with Crippen LogP contribution in [-0.2, 0) is 9.59 Å². The van der Waals surface area contributed by atoms with Crippen molar-refractivity contribution in [2.24, 2.45) is 0 Å². The van der Waals surface area contributed by atoms with Crippen LogP contribution < -0.4 is 10.6 Å². The van der Waals surface area contributed by atoms with E-state index in [4.69, 9.17) is 4.52 Å². The van der Waals surface area contributed by atoms with E-state index in [2.05, 4.69) is 15.8 Å². The Balaban J connectivity index is 1.60. The van der Waals surface area contributed by atoms with E-state index in [9.17, 15) is 9.59 Å². The van der Waals surface area contributed by atoms with E-state index in [-0.39, 0.29) is 17.6 Å². The van der Waals surface area contributed by atoms with Crippen molar-refractivity contribution in [1.29, 1.82) is 0 Å². The lowest BCUT2D eigenvalue weighted by molar-refractivity contribution is -0.118. The SMILES string of the molecule is Cc1cc(NC(=O)CSCC(=O)NC2CC2)no1. The first kappa shape index (κ1) is 12.9. The second-order valence-electron chi connectivity index (χ2n) is 4.21. The Labute approximate surface area is 109 Å². The third-order valence-corrected chi connectivity index (χ3v) is 3.24. The smallest absolute Gasteiger partial charge is 0.235 e. The van der Waals surface area contributed by atoms with Crippen LogP contribution in [0.25, 0.3) is 0 Å². The van der Waals surface area contributed by atoms with Gasteiger partial charge < -0.3 is 15.2 Å². The number of hydrogen-bond donors (Lipinski definition) is 2. The van der Waals surface area contributed by atoms with Crippen LogP contribution >= 0.6 is 11.8 Å². The van der Waals surface area contributed by atoms with Crippen molar-refractivity contribution in [3.63, 3.8) is 0 Å². The number of aryl methyl sites for hydroxylation is 1. The highest BCUT2D eigenvalue weighted by Crippen LogP contribution is 2.18. The Morgan fingerprint density at radius 2 is 2.17 bits per heavy atom. The van der Waals surface area contributed by atoms with Crippen LogP contribution in [0, 0.1) is 6.92 Å². The minimum absolute atomic E-state index is 0.00687. The fourth-order valence-corrected chi connectivity index (χ4v) is 1.97. The van der Waals surface area contributed by atoms with Crippen molar-refractivity contribution in [2.75, 3.05) is 16.8 Å². The van der Waals surface area contributed by atoms with Crippen molar-refractivity contribution in [3.05, 3.63) is 11.8 Å². The monoisotopic (exact) mass is 269 g/mol. The predicted octanol–water partition coefficient (Wildman–Crippen LogP) is 0.933. The lowest BCUT2D eigenvalue weighted by Gasteiger charge is -2.03. The van der Waals surface area contributed by atoms with Gasteiger partial charge in [-0.3, -0.25) is 9.59 Å². The number of nitrogens with zero attached hydrogens (tertiary/aromatic N) is 1. The number of rotatable bonds is 6. The average Bonchev–Trinajstić information content (AvgIpc) is 3.01. The molecule has 1 aliphatic rings. The molecule has 7 heteroatoms. The van der Waals surface area contributed by atoms with Crippen molar-refractivity contribution >= 4 is 29.4 Å². The van der Waals surface area contributed by atoms with Crippen LogP contribution in [-0.4, -0.2) is 34.5 Å². The molecule has 6 nitrogen and oxygen atoms in total. The molecule has 0 unspecified atom stereocenters. The first-order chi connectivity index (χ1) is 8.63. The number of anilines is 1. The molecule has 2 amide bonds. The summed E-state index contributed by atoms with van der Waals surface area (Å²) in [5.74, 6) is 1.38. The second-order valence-corrected chi connectivity index (χ2v) is 5.19. The lowest BCUT2D eigenvalue weighted by Crippen LogP contribution is -2.27. The topological polar surface area (TPSA) is 84.2 Å². The quantitative estimate of drug-likeness (QED) is 0.802. The predicted molar refractivity (Wildman–Crippen MR) is 68.4 cm³/mol. The van der Waals surface area contributed by atoms with Gasteiger partial charge >= 0.3 is 0 Å². The Hall–Kier alpha value is -1.50. The van der Waals surface area contributed by atoms with Gasteiger partial charge in [0.25, 0.3) is 0 Å². The summed E-state index contributed by atoms with van der Waals surface area (Å²) in [6.07, 6.45) is 2.14. The lowest BCUT2D eigenvalue weighted by atomic mass is 10.5. The molecule has 0 aromatic carbocycles. The van der Waals surface area contributed by atoms with Gasteiger partial charge in [0.2, 0.25) is 11.8 Å². The minimum Gasteiger partial charge on any atom is -0.360 e. The van der Waals surface area contributed by atoms with E-state index in [1.165, 1.54) is 11.8 Å². The van der Waals surface area contributed by atoms with Crippen LogP contribution in [0.5, 0.6) is 0 Å². The molecule has 0 atom stereocenters. The van der Waals surface area contributed by atoms with Gasteiger partial charge in [-0.25, -0.2) is 0 Å². The summed E-state index contributed by atoms with van der Waals surface area (Å²) in [5, 5.41) is 9.11. The molecule has 1 saturated carbocycles. The number of nitrogens with one attached hydrogen (secondary N) is 2. The van der Waals surface area contributed by atoms with Crippen molar-refractivity contribution in [2.45, 2.75) is 25.8 Å². The fraction of sp³-hybridized carbons (Fsp3) is 0.545. The van der Waals surface area contributed by atoms with Gasteiger partial charge in [-0.15, -0.1) is 11.8 Å². The van der Waals surface area contributed by atoms with E-state index in [1.54, 1.807) is 13.0 Å². The zero-order valence-electron chi connectivity index (χ0n) is 10.1. The van der Waals surface area contributed by atoms with E-state index in [1.807, 2.05) is 0 Å². The third kappa shape index (κ3) is 4.40. The van der Waals surface area contributed by atoms with E-state index < -0.39 is 0 Å². The molecule has 0 spiro atoms. The molecule has 98 valence electrons. The Kier molecular flexibility index (Phi) is 4.24. The Morgan fingerprint density at radius 1 is 1.44 bits per heavy atom. The summed E-state index contributed by atoms with van der Waals surface area (Å²) in [7, 11) is 0. The van der Waals surface area contributed by atoms with E-state index >= 15 is 0 Å². The molecule has 1 aromatic heterocycles. The zero-order valence-corrected chi connectivity index (χ0v) is 10.9. The van der Waals surface area contributed by atoms with Crippen LogP contribution in [0.15, 0.2) is 10.6 Å². The molecule has 1 aromatic rings. The van der Waals surface area contributed by atoms with Crippen molar-refractivity contribution in [3.8, 4) is 0 Å². The minimum atomic E-state index is -0.187. The molecule has 18 heavy (non-hydrogen) atoms. The standard InChI is InChI=1S/C11H15N3O3S/c1-7-4-9(14-17-7)13-11(16)6-18-5-10(15)12-8-2-3-8/h4,8H,2-3,5-6H2,1H3,(H,12,15)(H,13,14,16). The Bertz CT molecular complexity index is 442. The first-order valence-corrected chi connectivity index (χ1v) is 6.89. The second kappa shape index (κ2) is 5.90. The zero-order chi connectivity index (χ0) is 13.0. The molecule has 0 bridgehead atoms. The van der Waals surface area contributed by atoms with Gasteiger partial charge in [0.1, 0.15) is 5.76 Å². The first-order valence-electron chi connectivity index (χ1n) is 5.74. The number of carbonyl (C=O) groups is 2. The van der Waals surface area contributed by atoms with Gasteiger partial charge in [-0.2, -0.15) is 0 Å². The molecule has 1 fully saturated rings. The van der Waals surface area contributed by atoms with Crippen molar-refractivity contribution in [1.82, 2.24) is 10.5 Å². The normalized spacial score (nSPS) is 14.3. The average molecular weight is 269 g/mol. The summed E-state index contributed by atoms with van der Waals surface area (Å²) in [6.45, 7) is 1.75. The highest BCUT2D eigenvalue weighted by atomic mass is 32.2. The number of amides is 2.